The van der Waals surface area contributed by atoms with Crippen LogP contribution in [0.25, 0.3) is 0 Å². The molecule has 0 radical (unpaired) electrons. The Morgan fingerprint density at radius 1 is 1.21 bits per heavy atom. The minimum atomic E-state index is -0.484. The van der Waals surface area contributed by atoms with Crippen LogP contribution in [0.2, 0.25) is 0 Å². The van der Waals surface area contributed by atoms with Crippen LogP contribution in [0.15, 0.2) is 40.3 Å². The molecule has 1 aromatic carbocycles. The van der Waals surface area contributed by atoms with Gasteiger partial charge in [-0.15, -0.1) is 0 Å². The molecule has 0 amide bonds. The van der Waals surface area contributed by atoms with Crippen molar-refractivity contribution in [1.82, 2.24) is 9.97 Å². The van der Waals surface area contributed by atoms with Gasteiger partial charge in [0, 0.05) is 23.6 Å². The Labute approximate surface area is 169 Å². The van der Waals surface area contributed by atoms with Gasteiger partial charge in [0.2, 0.25) is 5.95 Å². The number of nitrogens with two attached hydrogens (primary N) is 1. The van der Waals surface area contributed by atoms with Crippen LogP contribution in [0, 0.1) is 5.41 Å². The Morgan fingerprint density at radius 2 is 1.93 bits per heavy atom. The van der Waals surface area contributed by atoms with Gasteiger partial charge in [-0.3, -0.25) is 14.6 Å². The van der Waals surface area contributed by atoms with E-state index < -0.39 is 5.92 Å². The number of nitrogen functional groups attached to an aromatic ring is 1. The van der Waals surface area contributed by atoms with Gasteiger partial charge < -0.3 is 15.8 Å². The van der Waals surface area contributed by atoms with Crippen LogP contribution in [0.1, 0.15) is 57.1 Å². The van der Waals surface area contributed by atoms with Gasteiger partial charge in [0.15, 0.2) is 5.78 Å². The summed E-state index contributed by atoms with van der Waals surface area (Å²) in [7, 11) is 0. The van der Waals surface area contributed by atoms with Crippen molar-refractivity contribution >= 4 is 17.5 Å². The average molecular weight is 394 g/mol. The number of aromatic amines is 1. The molecule has 0 fully saturated rings. The highest BCUT2D eigenvalue weighted by atomic mass is 16.5. The summed E-state index contributed by atoms with van der Waals surface area (Å²) in [5, 5.41) is 3.23. The summed E-state index contributed by atoms with van der Waals surface area (Å²) < 4.78 is 5.67. The van der Waals surface area contributed by atoms with E-state index in [2.05, 4.69) is 36.1 Å². The number of hydrogen-bond acceptors (Lipinski definition) is 6. The first kappa shape index (κ1) is 19.2. The van der Waals surface area contributed by atoms with Crippen molar-refractivity contribution in [3.05, 3.63) is 57.0 Å². The molecule has 1 aliphatic carbocycles. The molecule has 1 unspecified atom stereocenters. The summed E-state index contributed by atoms with van der Waals surface area (Å²) in [6.07, 6.45) is 2.07. The highest BCUT2D eigenvalue weighted by Crippen LogP contribution is 2.47. The maximum absolute atomic E-state index is 13.1. The van der Waals surface area contributed by atoms with Crippen molar-refractivity contribution in [2.45, 2.75) is 46.0 Å². The largest absolute Gasteiger partial charge is 0.494 e. The minimum Gasteiger partial charge on any atom is -0.494 e. The third-order valence-corrected chi connectivity index (χ3v) is 5.43. The lowest BCUT2D eigenvalue weighted by atomic mass is 9.69. The third kappa shape index (κ3) is 3.52. The molecule has 29 heavy (non-hydrogen) atoms. The van der Waals surface area contributed by atoms with Crippen LogP contribution in [0.4, 0.5) is 11.8 Å². The van der Waals surface area contributed by atoms with E-state index in [9.17, 15) is 9.59 Å². The summed E-state index contributed by atoms with van der Waals surface area (Å²) in [6, 6.07) is 7.59. The zero-order valence-corrected chi connectivity index (χ0v) is 17.0. The number of H-pyrrole nitrogens is 1. The van der Waals surface area contributed by atoms with E-state index in [1.807, 2.05) is 24.3 Å². The summed E-state index contributed by atoms with van der Waals surface area (Å²) in [5.74, 6) is 0.809. The van der Waals surface area contributed by atoms with E-state index in [1.54, 1.807) is 0 Å². The Bertz CT molecular complexity index is 1050. The predicted molar refractivity (Wildman–Crippen MR) is 112 cm³/mol. The van der Waals surface area contributed by atoms with Crippen LogP contribution < -0.4 is 21.3 Å². The van der Waals surface area contributed by atoms with E-state index in [1.165, 1.54) is 0 Å². The molecule has 1 atom stereocenters. The first-order valence-corrected chi connectivity index (χ1v) is 9.95. The molecule has 0 saturated carbocycles. The van der Waals surface area contributed by atoms with E-state index in [0.717, 1.165) is 23.4 Å². The molecule has 2 aromatic rings. The fraction of sp³-hybridized carbons (Fsp3) is 0.409. The van der Waals surface area contributed by atoms with Gasteiger partial charge in [-0.25, -0.2) is 0 Å². The van der Waals surface area contributed by atoms with Crippen molar-refractivity contribution in [2.75, 3.05) is 17.7 Å². The van der Waals surface area contributed by atoms with E-state index in [0.29, 0.717) is 36.4 Å². The number of Topliss-reactive ketones (excluding diaryl/α,β-unsaturated/α-hetero) is 1. The van der Waals surface area contributed by atoms with Gasteiger partial charge >= 0.3 is 0 Å². The van der Waals surface area contributed by atoms with Gasteiger partial charge in [-0.2, -0.15) is 4.98 Å². The quantitative estimate of drug-likeness (QED) is 0.734. The summed E-state index contributed by atoms with van der Waals surface area (Å²) in [4.78, 5) is 32.8. The Morgan fingerprint density at radius 3 is 2.62 bits per heavy atom. The number of benzene rings is 1. The summed E-state index contributed by atoms with van der Waals surface area (Å²) in [5.41, 5.74) is 8.04. The monoisotopic (exact) mass is 394 g/mol. The summed E-state index contributed by atoms with van der Waals surface area (Å²) >= 11 is 0. The number of carbonyl (C=O) groups excluding carboxylic acids is 1. The smallest absolute Gasteiger partial charge is 0.258 e. The van der Waals surface area contributed by atoms with Gasteiger partial charge in [-0.1, -0.05) is 32.9 Å². The molecule has 0 saturated heterocycles. The molecule has 7 heteroatoms. The predicted octanol–water partition coefficient (Wildman–Crippen LogP) is 3.34. The fourth-order valence-corrected chi connectivity index (χ4v) is 4.24. The topological polar surface area (TPSA) is 110 Å². The first-order valence-electron chi connectivity index (χ1n) is 9.95. The molecule has 4 N–H and O–H groups in total. The van der Waals surface area contributed by atoms with Crippen molar-refractivity contribution in [3.8, 4) is 5.75 Å². The normalized spacial score (nSPS) is 20.0. The molecule has 7 nitrogen and oxygen atoms in total. The maximum Gasteiger partial charge on any atom is 0.258 e. The van der Waals surface area contributed by atoms with E-state index in [4.69, 9.17) is 10.5 Å². The second-order valence-corrected chi connectivity index (χ2v) is 8.52. The van der Waals surface area contributed by atoms with Crippen molar-refractivity contribution < 1.29 is 9.53 Å². The molecule has 1 aliphatic heterocycles. The number of anilines is 2. The van der Waals surface area contributed by atoms with Gasteiger partial charge in [0.05, 0.1) is 12.2 Å². The first-order chi connectivity index (χ1) is 13.8. The van der Waals surface area contributed by atoms with Crippen LogP contribution in [0.5, 0.6) is 5.75 Å². The number of nitrogens with one attached hydrogen (secondary N) is 2. The molecule has 0 spiro atoms. The zero-order chi connectivity index (χ0) is 20.8. The highest BCUT2D eigenvalue weighted by molar-refractivity contribution is 6.01. The van der Waals surface area contributed by atoms with Crippen LogP contribution in [-0.2, 0) is 4.79 Å². The average Bonchev–Trinajstić information content (AvgIpc) is 2.64. The van der Waals surface area contributed by atoms with Gasteiger partial charge in [0.1, 0.15) is 11.6 Å². The number of rotatable bonds is 4. The maximum atomic E-state index is 13.1. The SMILES string of the molecule is CCCOc1ccc(C2C3=C(CC(C)(C)CC3=O)Nc3nc(N)[nH]c(=O)c32)cc1. The zero-order valence-electron chi connectivity index (χ0n) is 17.0. The third-order valence-electron chi connectivity index (χ3n) is 5.43. The van der Waals surface area contributed by atoms with Crippen molar-refractivity contribution in [1.29, 1.82) is 0 Å². The molecule has 0 bridgehead atoms. The number of fused-ring (bicyclic) bond motifs is 1. The van der Waals surface area contributed by atoms with Crippen molar-refractivity contribution in [2.24, 2.45) is 5.41 Å². The number of ether oxygens (including phenoxy) is 1. The number of aromatic nitrogens is 2. The summed E-state index contributed by atoms with van der Waals surface area (Å²) in [6.45, 7) is 6.83. The van der Waals surface area contributed by atoms with E-state index >= 15 is 0 Å². The molecule has 152 valence electrons. The standard InChI is InChI=1S/C22H26N4O3/c1-4-9-29-13-7-5-12(6-8-13)16-17-14(10-22(2,3)11-15(17)27)24-19-18(16)20(28)26-21(23)25-19/h5-8,16H,4,9-11H2,1-3H3,(H4,23,24,25,26,28). The number of nitrogens with zero attached hydrogens (tertiary/aromatic N) is 1. The Hall–Kier alpha value is -3.09. The number of carbonyl (C=O) groups is 1. The Balaban J connectivity index is 1.86. The van der Waals surface area contributed by atoms with Gasteiger partial charge in [-0.05, 0) is 36.0 Å². The molecular formula is C22H26N4O3. The lowest BCUT2D eigenvalue weighted by molar-refractivity contribution is -0.118. The van der Waals surface area contributed by atoms with Gasteiger partial charge in [0.25, 0.3) is 5.56 Å². The molecule has 1 aromatic heterocycles. The second kappa shape index (κ2) is 7.06. The van der Waals surface area contributed by atoms with Crippen LogP contribution in [0.3, 0.4) is 0 Å². The fourth-order valence-electron chi connectivity index (χ4n) is 4.24. The molecule has 4 rings (SSSR count). The van der Waals surface area contributed by atoms with E-state index in [-0.39, 0.29) is 22.7 Å². The lowest BCUT2D eigenvalue weighted by Gasteiger charge is -2.38. The van der Waals surface area contributed by atoms with Crippen LogP contribution >= 0.6 is 0 Å². The van der Waals surface area contributed by atoms with Crippen molar-refractivity contribution in [3.63, 3.8) is 0 Å². The second-order valence-electron chi connectivity index (χ2n) is 8.52. The number of hydrogen-bond donors (Lipinski definition) is 3. The number of ketones is 1. The molecular weight excluding hydrogens is 368 g/mol. The number of allylic oxidation sites excluding steroid dienone is 2. The van der Waals surface area contributed by atoms with Crippen LogP contribution in [-0.4, -0.2) is 22.4 Å². The minimum absolute atomic E-state index is 0.0498. The molecule has 2 aliphatic rings. The Kier molecular flexibility index (Phi) is 4.68. The highest BCUT2D eigenvalue weighted by Gasteiger charge is 2.42. The molecule has 2 heterocycles. The lowest BCUT2D eigenvalue weighted by Crippen LogP contribution is -2.37.